The molecule has 0 aliphatic rings. The van der Waals surface area contributed by atoms with Gasteiger partial charge in [-0.05, 0) is 6.42 Å². The van der Waals surface area contributed by atoms with Crippen molar-refractivity contribution in [2.45, 2.75) is 109 Å². The van der Waals surface area contributed by atoms with E-state index >= 15 is 0 Å². The zero-order chi connectivity index (χ0) is 22.2. The third-order valence-corrected chi connectivity index (χ3v) is 5.10. The lowest BCUT2D eigenvalue weighted by atomic mass is 9.89. The summed E-state index contributed by atoms with van der Waals surface area (Å²) < 4.78 is 7.43. The lowest BCUT2D eigenvalue weighted by molar-refractivity contribution is -0.875. The Morgan fingerprint density at radius 1 is 0.857 bits per heavy atom. The summed E-state index contributed by atoms with van der Waals surface area (Å²) in [7, 11) is 5.48. The highest BCUT2D eigenvalue weighted by Gasteiger charge is 2.40. The van der Waals surface area contributed by atoms with Gasteiger partial charge in [-0.15, -0.1) is 0 Å². The summed E-state index contributed by atoms with van der Waals surface area (Å²) in [5.41, 5.74) is -1.84. The van der Waals surface area contributed by atoms with Crippen LogP contribution in [0.1, 0.15) is 105 Å². The van der Waals surface area contributed by atoms with E-state index < -0.39 is 18.0 Å². The lowest BCUT2D eigenvalue weighted by Gasteiger charge is -2.34. The van der Waals surface area contributed by atoms with Gasteiger partial charge in [0, 0.05) is 20.2 Å². The standard InChI is InChI=1S/C23H45NO4/c1-5-6-7-8-9-10-11-12-13-14-15-16-17-18-21(25)23(28,19-22(26)27)20-24(2,3)4/h28H,5-20H2,1-4H3/t23-/m1/s1/i1D. The molecule has 0 rings (SSSR count). The highest BCUT2D eigenvalue weighted by Crippen LogP contribution is 2.20. The molecule has 0 radical (unpaired) electrons. The first-order valence-electron chi connectivity index (χ1n) is 11.9. The molecule has 0 fully saturated rings. The van der Waals surface area contributed by atoms with Crippen LogP contribution in [0.5, 0.6) is 0 Å². The van der Waals surface area contributed by atoms with E-state index in [2.05, 4.69) is 0 Å². The molecule has 0 saturated carbocycles. The minimum atomic E-state index is -1.84. The molecule has 0 unspecified atom stereocenters. The summed E-state index contributed by atoms with van der Waals surface area (Å²) in [5.74, 6) is -1.76. The van der Waals surface area contributed by atoms with Crippen LogP contribution < -0.4 is 5.11 Å². The monoisotopic (exact) mass is 400 g/mol. The molecule has 1 atom stereocenters. The summed E-state index contributed by atoms with van der Waals surface area (Å²) in [6, 6.07) is 0. The second-order valence-corrected chi connectivity index (χ2v) is 9.30. The molecule has 0 aromatic rings. The average molecular weight is 401 g/mol. The number of carboxylic acid groups (broad SMARTS) is 1. The van der Waals surface area contributed by atoms with Crippen LogP contribution in [-0.2, 0) is 9.59 Å². The van der Waals surface area contributed by atoms with E-state index in [1.54, 1.807) is 0 Å². The van der Waals surface area contributed by atoms with Gasteiger partial charge in [-0.3, -0.25) is 4.79 Å². The van der Waals surface area contributed by atoms with Crippen molar-refractivity contribution < 1.29 is 25.7 Å². The molecule has 0 aliphatic carbocycles. The van der Waals surface area contributed by atoms with Crippen molar-refractivity contribution in [1.29, 1.82) is 0 Å². The van der Waals surface area contributed by atoms with E-state index in [1.807, 2.05) is 21.1 Å². The first-order chi connectivity index (χ1) is 13.6. The third kappa shape index (κ3) is 15.0. The van der Waals surface area contributed by atoms with Gasteiger partial charge in [0.05, 0.1) is 21.1 Å². The first kappa shape index (κ1) is 25.1. The molecule has 0 saturated heterocycles. The predicted molar refractivity (Wildman–Crippen MR) is 113 cm³/mol. The van der Waals surface area contributed by atoms with Crippen molar-refractivity contribution in [2.75, 3.05) is 27.7 Å². The molecule has 5 nitrogen and oxygen atoms in total. The fourth-order valence-electron chi connectivity index (χ4n) is 3.73. The Kier molecular flexibility index (Phi) is 13.4. The van der Waals surface area contributed by atoms with Gasteiger partial charge < -0.3 is 19.5 Å². The highest BCUT2D eigenvalue weighted by molar-refractivity contribution is 5.90. The number of carbonyl (C=O) groups is 2. The lowest BCUT2D eigenvalue weighted by Crippen LogP contribution is -2.56. The summed E-state index contributed by atoms with van der Waals surface area (Å²) >= 11 is 0. The van der Waals surface area contributed by atoms with Crippen LogP contribution in [0.2, 0.25) is 0 Å². The van der Waals surface area contributed by atoms with Crippen molar-refractivity contribution in [3.8, 4) is 0 Å². The van der Waals surface area contributed by atoms with Gasteiger partial charge in [0.2, 0.25) is 0 Å². The Bertz CT molecular complexity index is 451. The molecule has 28 heavy (non-hydrogen) atoms. The number of hydrogen-bond acceptors (Lipinski definition) is 4. The van der Waals surface area contributed by atoms with E-state index in [4.69, 9.17) is 1.37 Å². The number of unbranched alkanes of at least 4 members (excludes halogenated alkanes) is 12. The number of hydrogen-bond donors (Lipinski definition) is 1. The molecular weight excluding hydrogens is 354 g/mol. The zero-order valence-electron chi connectivity index (χ0n) is 19.6. The van der Waals surface area contributed by atoms with Crippen LogP contribution in [0.15, 0.2) is 0 Å². The normalized spacial score (nSPS) is 14.5. The Hall–Kier alpha value is -0.940. The first-order valence-corrected chi connectivity index (χ1v) is 11.2. The Balaban J connectivity index is 3.79. The topological polar surface area (TPSA) is 77.4 Å². The zero-order valence-corrected chi connectivity index (χ0v) is 18.6. The average Bonchev–Trinajstić information content (AvgIpc) is 2.59. The van der Waals surface area contributed by atoms with E-state index in [-0.39, 0.29) is 18.7 Å². The van der Waals surface area contributed by atoms with Crippen LogP contribution in [0, 0.1) is 0 Å². The maximum atomic E-state index is 12.4. The number of nitrogens with zero attached hydrogens (tertiary/aromatic N) is 1. The van der Waals surface area contributed by atoms with Gasteiger partial charge in [-0.1, -0.05) is 83.9 Å². The number of Topliss-reactive ketones (excluding diaryl/α,β-unsaturated/α-hetero) is 1. The SMILES string of the molecule is [2H]CCCCCCCCCCCCCCCC(=O)[C@@](O)(CC(=O)[O-])C[N+](C)(C)C. The molecule has 0 spiro atoms. The van der Waals surface area contributed by atoms with Crippen LogP contribution >= 0.6 is 0 Å². The molecule has 0 heterocycles. The van der Waals surface area contributed by atoms with Crippen molar-refractivity contribution in [1.82, 2.24) is 0 Å². The molecule has 0 aromatic carbocycles. The Morgan fingerprint density at radius 3 is 1.68 bits per heavy atom. The fraction of sp³-hybridized carbons (Fsp3) is 0.913. The molecule has 0 aliphatic heterocycles. The van der Waals surface area contributed by atoms with Crippen LogP contribution in [0.3, 0.4) is 0 Å². The molecule has 0 aromatic heterocycles. The Morgan fingerprint density at radius 2 is 1.29 bits per heavy atom. The van der Waals surface area contributed by atoms with Crippen molar-refractivity contribution >= 4 is 11.8 Å². The van der Waals surface area contributed by atoms with Gasteiger partial charge in [-0.2, -0.15) is 0 Å². The van der Waals surface area contributed by atoms with Gasteiger partial charge in [0.1, 0.15) is 6.54 Å². The largest absolute Gasteiger partial charge is 0.550 e. The number of carbonyl (C=O) groups excluding carboxylic acids is 2. The Labute approximate surface area is 174 Å². The van der Waals surface area contributed by atoms with Crippen molar-refractivity contribution in [3.63, 3.8) is 0 Å². The van der Waals surface area contributed by atoms with Crippen molar-refractivity contribution in [3.05, 3.63) is 0 Å². The quantitative estimate of drug-likeness (QED) is 0.265. The van der Waals surface area contributed by atoms with Crippen LogP contribution in [0.4, 0.5) is 0 Å². The van der Waals surface area contributed by atoms with Gasteiger partial charge in [-0.25, -0.2) is 0 Å². The van der Waals surface area contributed by atoms with Gasteiger partial charge >= 0.3 is 0 Å². The van der Waals surface area contributed by atoms with Crippen LogP contribution in [-0.4, -0.2) is 54.6 Å². The summed E-state index contributed by atoms with van der Waals surface area (Å²) in [6.07, 6.45) is 14.7. The van der Waals surface area contributed by atoms with Gasteiger partial charge in [0.15, 0.2) is 11.4 Å². The molecule has 0 bridgehead atoms. The number of aliphatic carboxylic acids is 1. The number of ketones is 1. The summed E-state index contributed by atoms with van der Waals surface area (Å²) in [5, 5.41) is 21.6. The van der Waals surface area contributed by atoms with Gasteiger partial charge in [0.25, 0.3) is 0 Å². The summed E-state index contributed by atoms with van der Waals surface area (Å²) in [4.78, 5) is 23.4. The molecule has 166 valence electrons. The smallest absolute Gasteiger partial charge is 0.177 e. The van der Waals surface area contributed by atoms with E-state index in [0.29, 0.717) is 17.8 Å². The summed E-state index contributed by atoms with van der Waals surface area (Å²) in [6.45, 7) is 0.634. The molecule has 1 N–H and O–H groups in total. The minimum absolute atomic E-state index is 0.0735. The third-order valence-electron chi connectivity index (χ3n) is 5.10. The van der Waals surface area contributed by atoms with E-state index in [9.17, 15) is 19.8 Å². The second-order valence-electron chi connectivity index (χ2n) is 9.30. The van der Waals surface area contributed by atoms with Crippen LogP contribution in [0.25, 0.3) is 0 Å². The van der Waals surface area contributed by atoms with Crippen molar-refractivity contribution in [2.24, 2.45) is 0 Å². The number of quaternary nitrogens is 1. The number of likely N-dealkylation sites (N-methyl/N-ethyl adjacent to an activating group) is 1. The fourth-order valence-corrected chi connectivity index (χ4v) is 3.73. The number of rotatable bonds is 19. The van der Waals surface area contributed by atoms with E-state index in [1.165, 1.54) is 57.8 Å². The molecule has 5 heteroatoms. The maximum Gasteiger partial charge on any atom is 0.177 e. The van der Waals surface area contributed by atoms with E-state index in [0.717, 1.165) is 19.3 Å². The molecule has 0 amide bonds. The number of aliphatic hydroxyl groups is 1. The minimum Gasteiger partial charge on any atom is -0.550 e. The predicted octanol–water partition coefficient (Wildman–Crippen LogP) is 3.61. The second kappa shape index (κ2) is 15.0. The number of carboxylic acids is 1. The molecular formula is C23H45NO4. The maximum absolute atomic E-state index is 12.4. The highest BCUT2D eigenvalue weighted by atomic mass is 16.4.